The molecule has 1 amide bonds. The summed E-state index contributed by atoms with van der Waals surface area (Å²) in [6.07, 6.45) is 1.33. The molecule has 0 bridgehead atoms. The number of rotatable bonds is 7. The molecular weight excluding hydrogens is 422 g/mol. The summed E-state index contributed by atoms with van der Waals surface area (Å²) in [5.74, 6) is 1.50. The van der Waals surface area contributed by atoms with Crippen molar-refractivity contribution in [3.63, 3.8) is 0 Å². The van der Waals surface area contributed by atoms with E-state index in [1.807, 2.05) is 34.5 Å². The molecule has 1 aliphatic heterocycles. The van der Waals surface area contributed by atoms with Crippen molar-refractivity contribution in [1.29, 1.82) is 0 Å². The van der Waals surface area contributed by atoms with Gasteiger partial charge in [-0.1, -0.05) is 30.3 Å². The monoisotopic (exact) mass is 451 g/mol. The van der Waals surface area contributed by atoms with Crippen LogP contribution in [0.2, 0.25) is 0 Å². The van der Waals surface area contributed by atoms with Crippen molar-refractivity contribution < 1.29 is 14.3 Å². The van der Waals surface area contributed by atoms with Gasteiger partial charge in [0.15, 0.2) is 11.5 Å². The van der Waals surface area contributed by atoms with Crippen molar-refractivity contribution >= 4 is 17.2 Å². The van der Waals surface area contributed by atoms with Crippen molar-refractivity contribution in [3.05, 3.63) is 65.2 Å². The number of ether oxygens (including phenoxy) is 2. The maximum atomic E-state index is 13.0. The molecule has 2 heterocycles. The lowest BCUT2D eigenvalue weighted by molar-refractivity contribution is -0.130. The first kappa shape index (κ1) is 22.3. The highest BCUT2D eigenvalue weighted by atomic mass is 32.1. The van der Waals surface area contributed by atoms with E-state index >= 15 is 0 Å². The summed E-state index contributed by atoms with van der Waals surface area (Å²) in [6, 6.07) is 16.3. The lowest BCUT2D eigenvalue weighted by atomic mass is 10.2. The zero-order valence-corrected chi connectivity index (χ0v) is 19.4. The van der Waals surface area contributed by atoms with Gasteiger partial charge in [0.25, 0.3) is 0 Å². The minimum absolute atomic E-state index is 0.149. The number of aromatic nitrogens is 1. The normalized spacial score (nSPS) is 14.8. The van der Waals surface area contributed by atoms with Gasteiger partial charge in [-0.3, -0.25) is 9.69 Å². The topological polar surface area (TPSA) is 54.9 Å². The number of hydrogen-bond donors (Lipinski definition) is 0. The molecular formula is C25H29N3O3S. The molecule has 0 saturated carbocycles. The largest absolute Gasteiger partial charge is 0.493 e. The Labute approximate surface area is 193 Å². The Hall–Kier alpha value is -2.90. The van der Waals surface area contributed by atoms with Gasteiger partial charge in [0, 0.05) is 43.7 Å². The summed E-state index contributed by atoms with van der Waals surface area (Å²) in [4.78, 5) is 22.1. The number of amides is 1. The quantitative estimate of drug-likeness (QED) is 0.541. The van der Waals surface area contributed by atoms with Crippen LogP contribution in [0.15, 0.2) is 53.9 Å². The third-order valence-electron chi connectivity index (χ3n) is 5.70. The molecule has 0 radical (unpaired) electrons. The van der Waals surface area contributed by atoms with E-state index in [2.05, 4.69) is 29.2 Å². The highest BCUT2D eigenvalue weighted by Crippen LogP contribution is 2.33. The van der Waals surface area contributed by atoms with Crippen LogP contribution in [0.5, 0.6) is 11.5 Å². The van der Waals surface area contributed by atoms with Crippen LogP contribution in [0.25, 0.3) is 10.6 Å². The van der Waals surface area contributed by atoms with Crippen molar-refractivity contribution in [2.45, 2.75) is 19.4 Å². The van der Waals surface area contributed by atoms with E-state index < -0.39 is 0 Å². The van der Waals surface area contributed by atoms with Gasteiger partial charge in [0.2, 0.25) is 5.91 Å². The Morgan fingerprint density at radius 3 is 2.59 bits per heavy atom. The lowest BCUT2D eigenvalue weighted by Gasteiger charge is -2.22. The Morgan fingerprint density at radius 2 is 1.81 bits per heavy atom. The first-order valence-electron chi connectivity index (χ1n) is 10.9. The minimum Gasteiger partial charge on any atom is -0.493 e. The predicted octanol–water partition coefficient (Wildman–Crippen LogP) is 4.10. The fourth-order valence-electron chi connectivity index (χ4n) is 3.98. The number of benzene rings is 2. The average Bonchev–Trinajstić information content (AvgIpc) is 3.16. The molecule has 1 fully saturated rings. The highest BCUT2D eigenvalue weighted by molar-refractivity contribution is 7.13. The number of carbonyl (C=O) groups is 1. The van der Waals surface area contributed by atoms with Crippen LogP contribution < -0.4 is 9.47 Å². The second-order valence-electron chi connectivity index (χ2n) is 7.89. The van der Waals surface area contributed by atoms with Gasteiger partial charge in [0.05, 0.1) is 26.3 Å². The van der Waals surface area contributed by atoms with Gasteiger partial charge in [-0.25, -0.2) is 4.98 Å². The number of thiazole rings is 1. The molecule has 6 nitrogen and oxygen atoms in total. The molecule has 0 spiro atoms. The van der Waals surface area contributed by atoms with Crippen molar-refractivity contribution in [3.8, 4) is 22.1 Å². The first-order chi connectivity index (χ1) is 15.7. The third-order valence-corrected chi connectivity index (χ3v) is 6.64. The molecule has 168 valence electrons. The van der Waals surface area contributed by atoms with Crippen LogP contribution in [-0.4, -0.2) is 61.1 Å². The second-order valence-corrected chi connectivity index (χ2v) is 8.74. The summed E-state index contributed by atoms with van der Waals surface area (Å²) in [5.41, 5.74) is 3.09. The zero-order chi connectivity index (χ0) is 22.3. The van der Waals surface area contributed by atoms with Crippen LogP contribution in [0.1, 0.15) is 17.7 Å². The number of carbonyl (C=O) groups excluding carboxylic acids is 1. The smallest absolute Gasteiger partial charge is 0.228 e. The summed E-state index contributed by atoms with van der Waals surface area (Å²) < 4.78 is 10.7. The Morgan fingerprint density at radius 1 is 1.00 bits per heavy atom. The van der Waals surface area contributed by atoms with E-state index in [9.17, 15) is 4.79 Å². The molecule has 1 aliphatic rings. The molecule has 4 rings (SSSR count). The van der Waals surface area contributed by atoms with Crippen LogP contribution in [0.4, 0.5) is 0 Å². The fourth-order valence-corrected chi connectivity index (χ4v) is 4.79. The Kier molecular flexibility index (Phi) is 7.39. The molecule has 7 heteroatoms. The highest BCUT2D eigenvalue weighted by Gasteiger charge is 2.20. The molecule has 1 aromatic heterocycles. The molecule has 1 saturated heterocycles. The fraction of sp³-hybridized carbons (Fsp3) is 0.360. The van der Waals surface area contributed by atoms with Crippen LogP contribution in [-0.2, 0) is 17.8 Å². The van der Waals surface area contributed by atoms with Gasteiger partial charge >= 0.3 is 0 Å². The molecule has 0 N–H and O–H groups in total. The van der Waals surface area contributed by atoms with E-state index in [4.69, 9.17) is 14.5 Å². The second kappa shape index (κ2) is 10.6. The standard InChI is InChI=1S/C25H29N3O3S/c1-30-22-10-9-20(15-23(22)31-2)25-26-21(18-32-25)16-24(29)28-12-6-11-27(13-14-28)17-19-7-4-3-5-8-19/h3-5,7-10,15,18H,6,11-14,16-17H2,1-2H3. The van der Waals surface area contributed by atoms with Gasteiger partial charge < -0.3 is 14.4 Å². The molecule has 32 heavy (non-hydrogen) atoms. The Balaban J connectivity index is 1.35. The van der Waals surface area contributed by atoms with E-state index in [1.54, 1.807) is 25.6 Å². The van der Waals surface area contributed by atoms with Crippen molar-refractivity contribution in [1.82, 2.24) is 14.8 Å². The van der Waals surface area contributed by atoms with Crippen LogP contribution >= 0.6 is 11.3 Å². The van der Waals surface area contributed by atoms with Crippen LogP contribution in [0.3, 0.4) is 0 Å². The lowest BCUT2D eigenvalue weighted by Crippen LogP contribution is -2.36. The van der Waals surface area contributed by atoms with Crippen molar-refractivity contribution in [2.24, 2.45) is 0 Å². The van der Waals surface area contributed by atoms with Crippen molar-refractivity contribution in [2.75, 3.05) is 40.4 Å². The molecule has 0 atom stereocenters. The third kappa shape index (κ3) is 5.47. The Bertz CT molecular complexity index is 1040. The predicted molar refractivity (Wildman–Crippen MR) is 127 cm³/mol. The van der Waals surface area contributed by atoms with Gasteiger partial charge in [-0.15, -0.1) is 11.3 Å². The summed E-state index contributed by atoms with van der Waals surface area (Å²) in [5, 5.41) is 2.85. The molecule has 2 aromatic carbocycles. The minimum atomic E-state index is 0.149. The van der Waals surface area contributed by atoms with E-state index in [0.29, 0.717) is 17.9 Å². The van der Waals surface area contributed by atoms with E-state index in [-0.39, 0.29) is 5.91 Å². The average molecular weight is 452 g/mol. The van der Waals surface area contributed by atoms with E-state index in [0.717, 1.165) is 55.4 Å². The maximum absolute atomic E-state index is 13.0. The number of methoxy groups -OCH3 is 2. The molecule has 0 aliphatic carbocycles. The summed E-state index contributed by atoms with van der Waals surface area (Å²) >= 11 is 1.54. The molecule has 3 aromatic rings. The summed E-state index contributed by atoms with van der Waals surface area (Å²) in [7, 11) is 3.24. The number of hydrogen-bond acceptors (Lipinski definition) is 6. The summed E-state index contributed by atoms with van der Waals surface area (Å²) in [6.45, 7) is 4.41. The zero-order valence-electron chi connectivity index (χ0n) is 18.6. The maximum Gasteiger partial charge on any atom is 0.228 e. The van der Waals surface area contributed by atoms with Gasteiger partial charge in [0.1, 0.15) is 5.01 Å². The van der Waals surface area contributed by atoms with Gasteiger partial charge in [-0.2, -0.15) is 0 Å². The SMILES string of the molecule is COc1ccc(-c2nc(CC(=O)N3CCCN(Cc4ccccc4)CC3)cs2)cc1OC. The van der Waals surface area contributed by atoms with Crippen LogP contribution in [0, 0.1) is 0 Å². The molecule has 0 unspecified atom stereocenters. The number of nitrogens with zero attached hydrogens (tertiary/aromatic N) is 3. The van der Waals surface area contributed by atoms with E-state index in [1.165, 1.54) is 5.56 Å². The van der Waals surface area contributed by atoms with Gasteiger partial charge in [-0.05, 0) is 30.2 Å². The first-order valence-corrected chi connectivity index (χ1v) is 11.7.